The van der Waals surface area contributed by atoms with E-state index in [1.165, 1.54) is 5.56 Å². The van der Waals surface area contributed by atoms with Crippen LogP contribution in [0.3, 0.4) is 0 Å². The van der Waals surface area contributed by atoms with E-state index in [1.807, 2.05) is 30.8 Å². The summed E-state index contributed by atoms with van der Waals surface area (Å²) in [5.41, 5.74) is 4.96. The highest BCUT2D eigenvalue weighted by Crippen LogP contribution is 2.14. The van der Waals surface area contributed by atoms with Crippen LogP contribution in [0.25, 0.3) is 0 Å². The molecule has 8 heteroatoms. The summed E-state index contributed by atoms with van der Waals surface area (Å²) in [6, 6.07) is 7.98. The van der Waals surface area contributed by atoms with Crippen molar-refractivity contribution in [3.63, 3.8) is 0 Å². The summed E-state index contributed by atoms with van der Waals surface area (Å²) in [5, 5.41) is 7.96. The lowest BCUT2D eigenvalue weighted by atomic mass is 10.2. The van der Waals surface area contributed by atoms with Gasteiger partial charge in [-0.2, -0.15) is 0 Å². The second-order valence-corrected chi connectivity index (χ2v) is 5.97. The van der Waals surface area contributed by atoms with Gasteiger partial charge in [0.2, 0.25) is 5.91 Å². The van der Waals surface area contributed by atoms with Gasteiger partial charge in [-0.15, -0.1) is 36.2 Å². The monoisotopic (exact) mass is 390 g/mol. The van der Waals surface area contributed by atoms with Crippen LogP contribution in [0.2, 0.25) is 0 Å². The fourth-order valence-electron chi connectivity index (χ4n) is 2.17. The number of nitrogens with zero attached hydrogens (tertiary/aromatic N) is 2. The molecular formula is C16H24Cl2N4OS. The minimum absolute atomic E-state index is 0. The van der Waals surface area contributed by atoms with E-state index in [0.29, 0.717) is 13.0 Å². The minimum Gasteiger partial charge on any atom is -0.326 e. The van der Waals surface area contributed by atoms with Gasteiger partial charge in [0.25, 0.3) is 0 Å². The lowest BCUT2D eigenvalue weighted by Crippen LogP contribution is -2.19. The van der Waals surface area contributed by atoms with Gasteiger partial charge in [-0.25, -0.2) is 4.98 Å². The SMILES string of the molecule is CNCCC(=O)Nc1cccc(CN(C)Cc2cscn2)c1.Cl.Cl. The summed E-state index contributed by atoms with van der Waals surface area (Å²) >= 11 is 1.61. The van der Waals surface area contributed by atoms with Crippen molar-refractivity contribution < 1.29 is 4.79 Å². The van der Waals surface area contributed by atoms with Crippen LogP contribution >= 0.6 is 36.2 Å². The highest BCUT2D eigenvalue weighted by molar-refractivity contribution is 7.07. The Morgan fingerprint density at radius 1 is 1.29 bits per heavy atom. The van der Waals surface area contributed by atoms with E-state index in [9.17, 15) is 4.79 Å². The number of halogens is 2. The van der Waals surface area contributed by atoms with Crippen molar-refractivity contribution in [2.45, 2.75) is 19.5 Å². The van der Waals surface area contributed by atoms with E-state index in [1.54, 1.807) is 11.3 Å². The number of carbonyl (C=O) groups is 1. The molecule has 1 aromatic heterocycles. The molecule has 1 amide bonds. The van der Waals surface area contributed by atoms with Crippen LogP contribution in [0.4, 0.5) is 5.69 Å². The molecule has 0 saturated carbocycles. The third kappa shape index (κ3) is 8.08. The second-order valence-electron chi connectivity index (χ2n) is 5.25. The third-order valence-corrected chi connectivity index (χ3v) is 3.82. The van der Waals surface area contributed by atoms with E-state index in [2.05, 4.69) is 39.0 Å². The first kappa shape index (κ1) is 22.8. The second kappa shape index (κ2) is 12.2. The topological polar surface area (TPSA) is 57.3 Å². The average Bonchev–Trinajstić information content (AvgIpc) is 2.98. The highest BCUT2D eigenvalue weighted by Gasteiger charge is 2.06. The molecule has 2 N–H and O–H groups in total. The molecule has 0 saturated heterocycles. The van der Waals surface area contributed by atoms with Gasteiger partial charge >= 0.3 is 0 Å². The van der Waals surface area contributed by atoms with Crippen LogP contribution < -0.4 is 10.6 Å². The van der Waals surface area contributed by atoms with Crippen LogP contribution in [0.15, 0.2) is 35.2 Å². The molecule has 0 aliphatic heterocycles. The number of hydrogen-bond donors (Lipinski definition) is 2. The number of carbonyl (C=O) groups excluding carboxylic acids is 1. The molecule has 134 valence electrons. The van der Waals surface area contributed by atoms with E-state index < -0.39 is 0 Å². The van der Waals surface area contributed by atoms with Crippen LogP contribution in [-0.2, 0) is 17.9 Å². The standard InChI is InChI=1S/C16H22N4OS.2ClH/c1-17-7-6-16(21)19-14-5-3-4-13(8-14)9-20(2)10-15-11-22-12-18-15;;/h3-5,8,11-12,17H,6-7,9-10H2,1-2H3,(H,19,21);2*1H. The van der Waals surface area contributed by atoms with Gasteiger partial charge in [-0.1, -0.05) is 12.1 Å². The molecule has 0 bridgehead atoms. The first-order valence-corrected chi connectivity index (χ1v) is 8.20. The zero-order chi connectivity index (χ0) is 15.8. The van der Waals surface area contributed by atoms with E-state index >= 15 is 0 Å². The van der Waals surface area contributed by atoms with Gasteiger partial charge in [-0.3, -0.25) is 9.69 Å². The summed E-state index contributed by atoms with van der Waals surface area (Å²) in [4.78, 5) is 18.3. The Kier molecular flexibility index (Phi) is 11.6. The van der Waals surface area contributed by atoms with Crippen molar-refractivity contribution in [3.05, 3.63) is 46.4 Å². The number of nitrogens with one attached hydrogen (secondary N) is 2. The molecule has 0 atom stereocenters. The molecule has 2 aromatic rings. The summed E-state index contributed by atoms with van der Waals surface area (Å²) in [6.45, 7) is 2.32. The Morgan fingerprint density at radius 2 is 2.08 bits per heavy atom. The smallest absolute Gasteiger partial charge is 0.225 e. The Bertz CT molecular complexity index is 596. The van der Waals surface area contributed by atoms with Crippen LogP contribution in [-0.4, -0.2) is 36.4 Å². The third-order valence-electron chi connectivity index (χ3n) is 3.18. The summed E-state index contributed by atoms with van der Waals surface area (Å²) < 4.78 is 0. The molecule has 0 aliphatic rings. The maximum atomic E-state index is 11.7. The van der Waals surface area contributed by atoms with Gasteiger partial charge in [0, 0.05) is 37.1 Å². The molecule has 1 heterocycles. The van der Waals surface area contributed by atoms with Crippen LogP contribution in [0, 0.1) is 0 Å². The highest BCUT2D eigenvalue weighted by atomic mass is 35.5. The van der Waals surface area contributed by atoms with Gasteiger partial charge in [-0.05, 0) is 31.8 Å². The molecule has 0 unspecified atom stereocenters. The van der Waals surface area contributed by atoms with Gasteiger partial charge in [0.15, 0.2) is 0 Å². The lowest BCUT2D eigenvalue weighted by molar-refractivity contribution is -0.116. The van der Waals surface area contributed by atoms with Crippen molar-refractivity contribution in [2.75, 3.05) is 26.0 Å². The molecule has 0 spiro atoms. The number of rotatable bonds is 8. The number of hydrogen-bond acceptors (Lipinski definition) is 5. The van der Waals surface area contributed by atoms with E-state index in [4.69, 9.17) is 0 Å². The number of anilines is 1. The Balaban J connectivity index is 0.00000264. The maximum Gasteiger partial charge on any atom is 0.225 e. The van der Waals surface area contributed by atoms with Gasteiger partial charge < -0.3 is 10.6 Å². The zero-order valence-corrected chi connectivity index (χ0v) is 16.3. The first-order valence-electron chi connectivity index (χ1n) is 7.26. The average molecular weight is 391 g/mol. The molecule has 0 aliphatic carbocycles. The van der Waals surface area contributed by atoms with Gasteiger partial charge in [0.1, 0.15) is 0 Å². The van der Waals surface area contributed by atoms with Crippen LogP contribution in [0.5, 0.6) is 0 Å². The molecule has 0 radical (unpaired) electrons. The zero-order valence-electron chi connectivity index (χ0n) is 13.8. The van der Waals surface area contributed by atoms with E-state index in [0.717, 1.165) is 24.5 Å². The molecule has 0 fully saturated rings. The molecule has 5 nitrogen and oxygen atoms in total. The maximum absolute atomic E-state index is 11.7. The van der Waals surface area contributed by atoms with Crippen molar-refractivity contribution >= 4 is 47.7 Å². The van der Waals surface area contributed by atoms with Gasteiger partial charge in [0.05, 0.1) is 11.2 Å². The normalized spacial score (nSPS) is 9.96. The van der Waals surface area contributed by atoms with Crippen molar-refractivity contribution in [3.8, 4) is 0 Å². The largest absolute Gasteiger partial charge is 0.326 e. The molecular weight excluding hydrogens is 367 g/mol. The summed E-state index contributed by atoms with van der Waals surface area (Å²) in [7, 11) is 3.91. The number of thiazole rings is 1. The first-order chi connectivity index (χ1) is 10.7. The predicted molar refractivity (Wildman–Crippen MR) is 105 cm³/mol. The fraction of sp³-hybridized carbons (Fsp3) is 0.375. The molecule has 1 aromatic carbocycles. The summed E-state index contributed by atoms with van der Waals surface area (Å²) in [6.07, 6.45) is 0.477. The Labute approximate surface area is 159 Å². The lowest BCUT2D eigenvalue weighted by Gasteiger charge is -2.16. The number of aromatic nitrogens is 1. The van der Waals surface area contributed by atoms with Crippen LogP contribution in [0.1, 0.15) is 17.7 Å². The van der Waals surface area contributed by atoms with Crippen molar-refractivity contribution in [1.82, 2.24) is 15.2 Å². The van der Waals surface area contributed by atoms with Crippen molar-refractivity contribution in [2.24, 2.45) is 0 Å². The minimum atomic E-state index is 0. The fourth-order valence-corrected chi connectivity index (χ4v) is 2.72. The quantitative estimate of drug-likeness (QED) is 0.726. The van der Waals surface area contributed by atoms with Crippen molar-refractivity contribution in [1.29, 1.82) is 0 Å². The number of benzene rings is 1. The Hall–Kier alpha value is -1.18. The molecule has 24 heavy (non-hydrogen) atoms. The summed E-state index contributed by atoms with van der Waals surface area (Å²) in [5.74, 6) is 0.0299. The molecule has 2 rings (SSSR count). The number of amides is 1. The Morgan fingerprint density at radius 3 is 2.75 bits per heavy atom. The predicted octanol–water partition coefficient (Wildman–Crippen LogP) is 3.17. The van der Waals surface area contributed by atoms with E-state index in [-0.39, 0.29) is 30.7 Å².